The van der Waals surface area contributed by atoms with E-state index < -0.39 is 23.9 Å². The van der Waals surface area contributed by atoms with Crippen molar-refractivity contribution in [2.45, 2.75) is 19.0 Å². The third kappa shape index (κ3) is 3.38. The van der Waals surface area contributed by atoms with Crippen LogP contribution in [0, 0.1) is 18.8 Å². The van der Waals surface area contributed by atoms with Crippen LogP contribution in [-0.2, 0) is 9.59 Å². The highest BCUT2D eigenvalue weighted by Crippen LogP contribution is 2.53. The molecule has 3 aromatic rings. The molecule has 2 amide bonds. The Morgan fingerprint density at radius 3 is 2.27 bits per heavy atom. The zero-order valence-electron chi connectivity index (χ0n) is 20.8. The van der Waals surface area contributed by atoms with Crippen molar-refractivity contribution in [3.63, 3.8) is 0 Å². The van der Waals surface area contributed by atoms with Gasteiger partial charge in [-0.15, -0.1) is 0 Å². The van der Waals surface area contributed by atoms with Crippen molar-refractivity contribution in [1.82, 2.24) is 4.90 Å². The molecule has 7 nitrogen and oxygen atoms in total. The van der Waals surface area contributed by atoms with Gasteiger partial charge in [-0.05, 0) is 54.5 Å². The summed E-state index contributed by atoms with van der Waals surface area (Å²) in [5, 5.41) is 0. The maximum Gasteiger partial charge on any atom is 0.240 e. The van der Waals surface area contributed by atoms with Crippen molar-refractivity contribution < 1.29 is 23.9 Å². The monoisotopic (exact) mass is 494 g/mol. The number of Topliss-reactive ketones (excluding diaryl/α,β-unsaturated/α-hetero) is 1. The van der Waals surface area contributed by atoms with Crippen molar-refractivity contribution in [2.24, 2.45) is 11.8 Å². The molecule has 3 aromatic carbocycles. The van der Waals surface area contributed by atoms with Crippen LogP contribution in [0.5, 0.6) is 11.5 Å². The van der Waals surface area contributed by atoms with Crippen LogP contribution in [-0.4, -0.2) is 42.8 Å². The topological polar surface area (TPSA) is 76.2 Å². The Balaban J connectivity index is 1.48. The molecule has 6 rings (SSSR count). The average Bonchev–Trinajstić information content (AvgIpc) is 3.40. The van der Waals surface area contributed by atoms with Gasteiger partial charge < -0.3 is 14.4 Å². The number of amides is 2. The Morgan fingerprint density at radius 1 is 0.838 bits per heavy atom. The van der Waals surface area contributed by atoms with Crippen LogP contribution in [0.3, 0.4) is 0 Å². The summed E-state index contributed by atoms with van der Waals surface area (Å²) in [6.45, 7) is 1.95. The van der Waals surface area contributed by atoms with Crippen LogP contribution in [0.15, 0.2) is 72.9 Å². The number of benzene rings is 3. The van der Waals surface area contributed by atoms with Gasteiger partial charge >= 0.3 is 0 Å². The predicted molar refractivity (Wildman–Crippen MR) is 138 cm³/mol. The van der Waals surface area contributed by atoms with Gasteiger partial charge in [-0.1, -0.05) is 42.0 Å². The van der Waals surface area contributed by atoms with E-state index in [0.717, 1.165) is 16.7 Å². The lowest BCUT2D eigenvalue weighted by molar-refractivity contribution is -0.123. The van der Waals surface area contributed by atoms with Gasteiger partial charge in [0.1, 0.15) is 6.04 Å². The number of carbonyl (C=O) groups excluding carboxylic acids is 3. The normalized spacial score (nSPS) is 23.5. The molecule has 3 aliphatic rings. The quantitative estimate of drug-likeness (QED) is 0.386. The number of rotatable bonds is 5. The maximum atomic E-state index is 14.1. The Morgan fingerprint density at radius 2 is 1.54 bits per heavy atom. The molecule has 7 heteroatoms. The van der Waals surface area contributed by atoms with E-state index in [0.29, 0.717) is 22.7 Å². The van der Waals surface area contributed by atoms with Crippen molar-refractivity contribution in [1.29, 1.82) is 0 Å². The number of methoxy groups -OCH3 is 2. The van der Waals surface area contributed by atoms with Gasteiger partial charge in [0.2, 0.25) is 11.8 Å². The fourth-order valence-corrected chi connectivity index (χ4v) is 5.97. The highest BCUT2D eigenvalue weighted by Gasteiger charge is 2.64. The molecule has 0 bridgehead atoms. The number of hydrogen-bond acceptors (Lipinski definition) is 6. The van der Waals surface area contributed by atoms with Gasteiger partial charge in [-0.3, -0.25) is 14.4 Å². The maximum absolute atomic E-state index is 14.1. The fourth-order valence-electron chi connectivity index (χ4n) is 5.97. The van der Waals surface area contributed by atoms with Crippen LogP contribution in [0.1, 0.15) is 33.1 Å². The van der Waals surface area contributed by atoms with E-state index in [1.807, 2.05) is 60.5 Å². The largest absolute Gasteiger partial charge is 0.493 e. The molecule has 2 fully saturated rings. The highest BCUT2D eigenvalue weighted by molar-refractivity contribution is 6.24. The van der Waals surface area contributed by atoms with Gasteiger partial charge in [0.15, 0.2) is 17.3 Å². The number of nitrogens with zero attached hydrogens (tertiary/aromatic N) is 2. The molecule has 4 atom stereocenters. The molecular formula is C30H26N2O5. The van der Waals surface area contributed by atoms with E-state index in [1.54, 1.807) is 30.3 Å². The molecule has 0 saturated carbocycles. The van der Waals surface area contributed by atoms with E-state index in [2.05, 4.69) is 0 Å². The molecule has 0 aromatic heterocycles. The third-order valence-electron chi connectivity index (χ3n) is 7.69. The second-order valence-electron chi connectivity index (χ2n) is 9.61. The number of fused-ring (bicyclic) bond motifs is 5. The van der Waals surface area contributed by atoms with Gasteiger partial charge in [-0.25, -0.2) is 4.90 Å². The molecule has 0 radical (unpaired) electrons. The standard InChI is InChI=1S/C30H26N2O5/c1-17-8-11-20(12-9-17)32-29(34)24-25(30(32)35)27(28(33)19-10-13-22(36-2)23(16-19)37-3)31-15-14-18-6-4-5-7-21(18)26(24)31/h4-16,24-27H,1-3H3/t24-,25+,26-,27-/m0/s1. The van der Waals surface area contributed by atoms with Crippen molar-refractivity contribution in [3.05, 3.63) is 95.2 Å². The summed E-state index contributed by atoms with van der Waals surface area (Å²) >= 11 is 0. The van der Waals surface area contributed by atoms with Crippen molar-refractivity contribution in [3.8, 4) is 11.5 Å². The van der Waals surface area contributed by atoms with Gasteiger partial charge in [0, 0.05) is 11.8 Å². The number of ketones is 1. The van der Waals surface area contributed by atoms with E-state index in [-0.39, 0.29) is 17.6 Å². The number of aryl methyl sites for hydroxylation is 1. The number of hydrogen-bond donors (Lipinski definition) is 0. The molecular weight excluding hydrogens is 468 g/mol. The fraction of sp³-hybridized carbons (Fsp3) is 0.233. The van der Waals surface area contributed by atoms with E-state index in [9.17, 15) is 14.4 Å². The molecule has 0 spiro atoms. The van der Waals surface area contributed by atoms with Gasteiger partial charge in [0.25, 0.3) is 0 Å². The second kappa shape index (κ2) is 8.62. The zero-order valence-corrected chi connectivity index (χ0v) is 20.8. The van der Waals surface area contributed by atoms with Crippen LogP contribution < -0.4 is 14.4 Å². The summed E-state index contributed by atoms with van der Waals surface area (Å²) in [5.74, 6) is -1.45. The van der Waals surface area contributed by atoms with Crippen molar-refractivity contribution in [2.75, 3.05) is 19.1 Å². The first kappa shape index (κ1) is 23.0. The Kier molecular flexibility index (Phi) is 5.37. The minimum Gasteiger partial charge on any atom is -0.493 e. The van der Waals surface area contributed by atoms with Gasteiger partial charge in [-0.2, -0.15) is 0 Å². The average molecular weight is 495 g/mol. The SMILES string of the molecule is COc1ccc(C(=O)[C@@H]2[C@@H]3C(=O)N(c4ccc(C)cc4)C(=O)[C@@H]3[C@@H]3c4ccccc4C=CN23)cc1OC. The van der Waals surface area contributed by atoms with Gasteiger partial charge in [0.05, 0.1) is 37.8 Å². The predicted octanol–water partition coefficient (Wildman–Crippen LogP) is 4.41. The first-order valence-corrected chi connectivity index (χ1v) is 12.2. The molecule has 186 valence electrons. The van der Waals surface area contributed by atoms with Crippen LogP contribution in [0.25, 0.3) is 6.08 Å². The second-order valence-corrected chi connectivity index (χ2v) is 9.61. The number of carbonyl (C=O) groups is 3. The molecule has 3 heterocycles. The molecule has 2 saturated heterocycles. The van der Waals surface area contributed by atoms with Crippen LogP contribution in [0.2, 0.25) is 0 Å². The number of imide groups is 1. The van der Waals surface area contributed by atoms with E-state index >= 15 is 0 Å². The summed E-state index contributed by atoms with van der Waals surface area (Å²) in [5.41, 5.74) is 3.87. The Bertz CT molecular complexity index is 1460. The molecule has 0 N–H and O–H groups in total. The number of ether oxygens (including phenoxy) is 2. The minimum absolute atomic E-state index is 0.241. The molecule has 0 unspecified atom stereocenters. The summed E-state index contributed by atoms with van der Waals surface area (Å²) in [7, 11) is 3.04. The molecule has 37 heavy (non-hydrogen) atoms. The van der Waals surface area contributed by atoms with E-state index in [4.69, 9.17) is 9.47 Å². The van der Waals surface area contributed by atoms with E-state index in [1.165, 1.54) is 19.1 Å². The summed E-state index contributed by atoms with van der Waals surface area (Å²) < 4.78 is 10.7. The lowest BCUT2D eigenvalue weighted by atomic mass is 9.83. The summed E-state index contributed by atoms with van der Waals surface area (Å²) in [6, 6.07) is 18.9. The summed E-state index contributed by atoms with van der Waals surface area (Å²) in [6.07, 6.45) is 3.79. The molecule has 0 aliphatic carbocycles. The third-order valence-corrected chi connectivity index (χ3v) is 7.69. The highest BCUT2D eigenvalue weighted by atomic mass is 16.5. The molecule has 3 aliphatic heterocycles. The number of anilines is 1. The van der Waals surface area contributed by atoms with Crippen molar-refractivity contribution >= 4 is 29.4 Å². The lowest BCUT2D eigenvalue weighted by Gasteiger charge is -2.35. The Labute approximate surface area is 214 Å². The Hall–Kier alpha value is -4.39. The van der Waals surface area contributed by atoms with Crippen LogP contribution >= 0.6 is 0 Å². The first-order valence-electron chi connectivity index (χ1n) is 12.2. The minimum atomic E-state index is -0.843. The van der Waals surface area contributed by atoms with Crippen LogP contribution in [0.4, 0.5) is 5.69 Å². The summed E-state index contributed by atoms with van der Waals surface area (Å²) in [4.78, 5) is 45.2. The smallest absolute Gasteiger partial charge is 0.240 e. The zero-order chi connectivity index (χ0) is 25.8. The first-order chi connectivity index (χ1) is 17.9. The lowest BCUT2D eigenvalue weighted by Crippen LogP contribution is -2.44.